The number of nitrogens with zero attached hydrogens (tertiary/aromatic N) is 1. The number of carbonyl (C=O) groups is 2. The van der Waals surface area contributed by atoms with Gasteiger partial charge in [-0.25, -0.2) is 4.39 Å². The molecule has 3 heterocycles. The molecule has 0 spiro atoms. The van der Waals surface area contributed by atoms with Gasteiger partial charge in [-0.3, -0.25) is 9.59 Å². The lowest BCUT2D eigenvalue weighted by molar-refractivity contribution is -0.139. The molecule has 2 aliphatic rings. The molecule has 2 aliphatic heterocycles. The summed E-state index contributed by atoms with van der Waals surface area (Å²) < 4.78 is 19.0. The second-order valence-electron chi connectivity index (χ2n) is 10.8. The van der Waals surface area contributed by atoms with Crippen LogP contribution >= 0.6 is 0 Å². The van der Waals surface area contributed by atoms with Crippen molar-refractivity contribution in [2.45, 2.75) is 31.3 Å². The van der Waals surface area contributed by atoms with Gasteiger partial charge in [-0.1, -0.05) is 48.5 Å². The maximum absolute atomic E-state index is 13.7. The average Bonchev–Trinajstić information content (AvgIpc) is 3.55. The lowest BCUT2D eigenvalue weighted by Crippen LogP contribution is -2.47. The summed E-state index contributed by atoms with van der Waals surface area (Å²) in [5.74, 6) is 0.608. The predicted octanol–water partition coefficient (Wildman–Crippen LogP) is 6.80. The number of rotatable bonds is 6. The van der Waals surface area contributed by atoms with E-state index in [0.29, 0.717) is 23.6 Å². The summed E-state index contributed by atoms with van der Waals surface area (Å²) in [7, 11) is 0. The topological polar surface area (TPSA) is 74.4 Å². The van der Waals surface area contributed by atoms with Crippen LogP contribution in [0.4, 0.5) is 10.1 Å². The lowest BCUT2D eigenvalue weighted by atomic mass is 9.86. The summed E-state index contributed by atoms with van der Waals surface area (Å²) in [6.07, 6.45) is 1.61. The third kappa shape index (κ3) is 4.73. The third-order valence-corrected chi connectivity index (χ3v) is 8.18. The largest absolute Gasteiger partial charge is 0.457 e. The number of hydrogen-bond donors (Lipinski definition) is 2. The number of carbonyl (C=O) groups excluding carboxylic acids is 2. The van der Waals surface area contributed by atoms with Gasteiger partial charge in [0, 0.05) is 22.3 Å². The number of halogens is 1. The normalized spacial score (nSPS) is 19.6. The van der Waals surface area contributed by atoms with Crippen LogP contribution in [0.3, 0.4) is 0 Å². The molecule has 0 bridgehead atoms. The molecule has 5 aromatic rings. The number of ether oxygens (including phenoxy) is 1. The van der Waals surface area contributed by atoms with Crippen molar-refractivity contribution in [3.8, 4) is 11.5 Å². The minimum Gasteiger partial charge on any atom is -0.457 e. The van der Waals surface area contributed by atoms with Gasteiger partial charge in [-0.15, -0.1) is 0 Å². The zero-order chi connectivity index (χ0) is 27.9. The van der Waals surface area contributed by atoms with Crippen molar-refractivity contribution in [1.29, 1.82) is 0 Å². The van der Waals surface area contributed by atoms with E-state index >= 15 is 0 Å². The number of benzene rings is 4. The zero-order valence-corrected chi connectivity index (χ0v) is 22.2. The number of nitrogens with one attached hydrogen (secondary N) is 2. The minimum atomic E-state index is -0.587. The average molecular weight is 546 g/mol. The Kier molecular flexibility index (Phi) is 6.27. The van der Waals surface area contributed by atoms with Crippen LogP contribution in [0, 0.1) is 11.7 Å². The van der Waals surface area contributed by atoms with Crippen molar-refractivity contribution in [1.82, 2.24) is 9.88 Å². The third-order valence-electron chi connectivity index (χ3n) is 8.18. The minimum absolute atomic E-state index is 0.0222. The van der Waals surface area contributed by atoms with Gasteiger partial charge in [0.1, 0.15) is 23.4 Å². The molecule has 7 heteroatoms. The molecule has 1 saturated heterocycles. The molecular weight excluding hydrogens is 517 g/mol. The maximum Gasteiger partial charge on any atom is 0.247 e. The van der Waals surface area contributed by atoms with E-state index in [1.54, 1.807) is 36.4 Å². The molecular formula is C34H28FN3O3. The molecule has 41 heavy (non-hydrogen) atoms. The molecule has 1 fully saturated rings. The Labute approximate surface area is 236 Å². The maximum atomic E-state index is 13.7. The summed E-state index contributed by atoms with van der Waals surface area (Å²) in [4.78, 5) is 32.8. The van der Waals surface area contributed by atoms with Gasteiger partial charge in [0.25, 0.3) is 0 Å². The highest BCUT2D eigenvalue weighted by Crippen LogP contribution is 2.48. The van der Waals surface area contributed by atoms with Crippen LogP contribution < -0.4 is 10.1 Å². The second-order valence-corrected chi connectivity index (χ2v) is 10.8. The number of para-hydroxylation sites is 1. The van der Waals surface area contributed by atoms with E-state index < -0.39 is 6.04 Å². The summed E-state index contributed by atoms with van der Waals surface area (Å²) in [6.45, 7) is 0. The van der Waals surface area contributed by atoms with E-state index in [0.717, 1.165) is 28.6 Å². The van der Waals surface area contributed by atoms with Crippen molar-refractivity contribution in [3.05, 3.63) is 126 Å². The highest BCUT2D eigenvalue weighted by atomic mass is 19.1. The van der Waals surface area contributed by atoms with E-state index in [1.807, 2.05) is 41.3 Å². The summed E-state index contributed by atoms with van der Waals surface area (Å²) >= 11 is 0. The molecule has 1 unspecified atom stereocenters. The van der Waals surface area contributed by atoms with Crippen LogP contribution in [0.25, 0.3) is 10.9 Å². The first-order chi connectivity index (χ1) is 20.0. The van der Waals surface area contributed by atoms with Crippen molar-refractivity contribution in [3.63, 3.8) is 0 Å². The van der Waals surface area contributed by atoms with E-state index in [-0.39, 0.29) is 36.0 Å². The van der Waals surface area contributed by atoms with Crippen molar-refractivity contribution in [2.75, 3.05) is 5.32 Å². The Balaban J connectivity index is 1.15. The van der Waals surface area contributed by atoms with Gasteiger partial charge in [0.2, 0.25) is 11.8 Å². The van der Waals surface area contributed by atoms with Crippen molar-refractivity contribution < 1.29 is 18.7 Å². The molecule has 204 valence electrons. The number of amides is 2. The second kappa shape index (κ2) is 10.2. The number of aromatic nitrogens is 1. The number of H-pyrrole nitrogens is 1. The molecule has 2 N–H and O–H groups in total. The Hall–Kier alpha value is -4.91. The SMILES string of the molecule is O=C(Nc1ccc(Oc2ccc(F)cc2)cc1)[C@@H]1C[C@@H](Cc2ccccc2)C2c3[nH]c4ccccc4c3CC(=O)N21. The standard InChI is InChI=1S/C34H28FN3O3/c35-23-10-14-25(15-11-23)41-26-16-12-24(13-17-26)36-34(40)30-19-22(18-21-6-2-1-3-7-21)33-32-28(20-31(39)38(30)33)27-8-4-5-9-29(27)37-32/h1-17,22,30,33,37H,18-20H2,(H,36,40)/t22-,30+,33?/m1/s1. The highest BCUT2D eigenvalue weighted by molar-refractivity contribution is 6.00. The van der Waals surface area contributed by atoms with E-state index in [2.05, 4.69) is 28.5 Å². The Morgan fingerprint density at radius 1 is 0.902 bits per heavy atom. The number of fused-ring (bicyclic) bond motifs is 5. The van der Waals surface area contributed by atoms with Crippen LogP contribution in [0.1, 0.15) is 29.3 Å². The molecule has 0 aliphatic carbocycles. The van der Waals surface area contributed by atoms with E-state index in [9.17, 15) is 14.0 Å². The van der Waals surface area contributed by atoms with Crippen LogP contribution in [0.2, 0.25) is 0 Å². The molecule has 4 aromatic carbocycles. The Morgan fingerprint density at radius 2 is 1.59 bits per heavy atom. The molecule has 0 saturated carbocycles. The molecule has 2 amide bonds. The van der Waals surface area contributed by atoms with Gasteiger partial charge in [0.05, 0.1) is 12.5 Å². The number of hydrogen-bond acceptors (Lipinski definition) is 3. The highest BCUT2D eigenvalue weighted by Gasteiger charge is 2.51. The molecule has 1 aromatic heterocycles. The van der Waals surface area contributed by atoms with Crippen LogP contribution in [-0.4, -0.2) is 27.7 Å². The summed E-state index contributed by atoms with van der Waals surface area (Å²) in [5.41, 5.74) is 4.90. The van der Waals surface area contributed by atoms with Gasteiger partial charge < -0.3 is 19.9 Å². The van der Waals surface area contributed by atoms with Gasteiger partial charge >= 0.3 is 0 Å². The van der Waals surface area contributed by atoms with Gasteiger partial charge in [-0.05, 0) is 84.5 Å². The fourth-order valence-electron chi connectivity index (χ4n) is 6.38. The molecule has 6 nitrogen and oxygen atoms in total. The summed E-state index contributed by atoms with van der Waals surface area (Å²) in [5, 5.41) is 4.10. The summed E-state index contributed by atoms with van der Waals surface area (Å²) in [6, 6.07) is 30.3. The van der Waals surface area contributed by atoms with Gasteiger partial charge in [-0.2, -0.15) is 0 Å². The first kappa shape index (κ1) is 25.1. The molecule has 0 radical (unpaired) electrons. The first-order valence-corrected chi connectivity index (χ1v) is 13.8. The monoisotopic (exact) mass is 545 g/mol. The lowest BCUT2D eigenvalue weighted by Gasteiger charge is -2.35. The van der Waals surface area contributed by atoms with E-state index in [1.165, 1.54) is 17.7 Å². The predicted molar refractivity (Wildman–Crippen MR) is 155 cm³/mol. The molecule has 7 rings (SSSR count). The Bertz CT molecular complexity index is 1730. The van der Waals surface area contributed by atoms with Crippen molar-refractivity contribution in [2.24, 2.45) is 5.92 Å². The fraction of sp³-hybridized carbons (Fsp3) is 0.176. The van der Waals surface area contributed by atoms with E-state index in [4.69, 9.17) is 4.74 Å². The van der Waals surface area contributed by atoms with Gasteiger partial charge in [0.15, 0.2) is 0 Å². The van der Waals surface area contributed by atoms with Crippen LogP contribution in [0.5, 0.6) is 11.5 Å². The van der Waals surface area contributed by atoms with Crippen molar-refractivity contribution >= 4 is 28.4 Å². The first-order valence-electron chi connectivity index (χ1n) is 13.8. The van der Waals surface area contributed by atoms with Crippen LogP contribution in [0.15, 0.2) is 103 Å². The quantitative estimate of drug-likeness (QED) is 0.247. The zero-order valence-electron chi connectivity index (χ0n) is 22.2. The number of aromatic amines is 1. The fourth-order valence-corrected chi connectivity index (χ4v) is 6.38. The smallest absolute Gasteiger partial charge is 0.247 e. The molecule has 3 atom stereocenters. The number of anilines is 1. The Morgan fingerprint density at radius 3 is 2.34 bits per heavy atom. The van der Waals surface area contributed by atoms with Crippen LogP contribution in [-0.2, 0) is 22.4 Å².